The lowest BCUT2D eigenvalue weighted by Crippen LogP contribution is -1.98. The van der Waals surface area contributed by atoms with E-state index in [-0.39, 0.29) is 0 Å². The lowest BCUT2D eigenvalue weighted by atomic mass is 9.98. The van der Waals surface area contributed by atoms with Crippen LogP contribution in [-0.4, -0.2) is 9.97 Å². The van der Waals surface area contributed by atoms with Gasteiger partial charge in [0.15, 0.2) is 6.17 Å². The molecule has 0 bridgehead atoms. The van der Waals surface area contributed by atoms with Gasteiger partial charge in [0.1, 0.15) is 12.1 Å². The standard InChI is InChI=1S/C15H10ClFN2O/c16-11-3-4-12(13(6-11)14-2-1-5-20-14)15(17)10-7-18-9-19-8-10/h1-9,15H. The maximum absolute atomic E-state index is 14.7. The zero-order valence-electron chi connectivity index (χ0n) is 10.3. The fraction of sp³-hybridized carbons (Fsp3) is 0.0667. The molecule has 1 unspecified atom stereocenters. The van der Waals surface area contributed by atoms with Crippen LogP contribution in [0.5, 0.6) is 0 Å². The Morgan fingerprint density at radius 1 is 1.15 bits per heavy atom. The number of furan rings is 1. The van der Waals surface area contributed by atoms with E-state index in [9.17, 15) is 4.39 Å². The Labute approximate surface area is 120 Å². The van der Waals surface area contributed by atoms with Crippen molar-refractivity contribution in [1.29, 1.82) is 0 Å². The Balaban J connectivity index is 2.10. The highest BCUT2D eigenvalue weighted by atomic mass is 35.5. The van der Waals surface area contributed by atoms with Crippen molar-refractivity contribution in [1.82, 2.24) is 9.97 Å². The first-order valence-electron chi connectivity index (χ1n) is 5.98. The Kier molecular flexibility index (Phi) is 3.48. The molecule has 2 heterocycles. The van der Waals surface area contributed by atoms with E-state index < -0.39 is 6.17 Å². The SMILES string of the molecule is FC(c1cncnc1)c1ccc(Cl)cc1-c1ccco1. The van der Waals surface area contributed by atoms with Crippen molar-refractivity contribution in [3.8, 4) is 11.3 Å². The monoisotopic (exact) mass is 288 g/mol. The summed E-state index contributed by atoms with van der Waals surface area (Å²) in [7, 11) is 0. The largest absolute Gasteiger partial charge is 0.464 e. The molecular weight excluding hydrogens is 279 g/mol. The second-order valence-electron chi connectivity index (χ2n) is 4.24. The molecule has 0 aliphatic carbocycles. The molecule has 0 aliphatic heterocycles. The first-order chi connectivity index (χ1) is 9.75. The predicted molar refractivity (Wildman–Crippen MR) is 74.1 cm³/mol. The molecule has 0 saturated heterocycles. The Morgan fingerprint density at radius 2 is 1.95 bits per heavy atom. The van der Waals surface area contributed by atoms with Gasteiger partial charge in [-0.3, -0.25) is 0 Å². The smallest absolute Gasteiger partial charge is 0.154 e. The average Bonchev–Trinajstić information content (AvgIpc) is 3.01. The number of benzene rings is 1. The summed E-state index contributed by atoms with van der Waals surface area (Å²) >= 11 is 6.00. The van der Waals surface area contributed by atoms with E-state index in [1.165, 1.54) is 18.7 Å². The molecule has 100 valence electrons. The highest BCUT2D eigenvalue weighted by Crippen LogP contribution is 2.35. The molecule has 1 aromatic carbocycles. The molecular formula is C15H10ClFN2O. The van der Waals surface area contributed by atoms with Crippen molar-refractivity contribution >= 4 is 11.6 Å². The lowest BCUT2D eigenvalue weighted by molar-refractivity contribution is 0.400. The molecule has 3 rings (SSSR count). The molecule has 0 amide bonds. The summed E-state index contributed by atoms with van der Waals surface area (Å²) in [5.74, 6) is 0.571. The number of nitrogens with zero attached hydrogens (tertiary/aromatic N) is 2. The van der Waals surface area contributed by atoms with E-state index in [0.29, 0.717) is 27.5 Å². The Hall–Kier alpha value is -2.20. The first-order valence-corrected chi connectivity index (χ1v) is 6.36. The van der Waals surface area contributed by atoms with Crippen molar-refractivity contribution in [2.24, 2.45) is 0 Å². The highest BCUT2D eigenvalue weighted by molar-refractivity contribution is 6.30. The van der Waals surface area contributed by atoms with Gasteiger partial charge in [0.05, 0.1) is 6.26 Å². The van der Waals surface area contributed by atoms with Crippen LogP contribution in [0.3, 0.4) is 0 Å². The lowest BCUT2D eigenvalue weighted by Gasteiger charge is -2.12. The van der Waals surface area contributed by atoms with E-state index in [4.69, 9.17) is 16.0 Å². The predicted octanol–water partition coefficient (Wildman–Crippen LogP) is 4.45. The zero-order valence-corrected chi connectivity index (χ0v) is 11.1. The molecule has 0 spiro atoms. The molecule has 3 nitrogen and oxygen atoms in total. The minimum absolute atomic E-state index is 0.391. The highest BCUT2D eigenvalue weighted by Gasteiger charge is 2.19. The molecule has 0 saturated carbocycles. The number of alkyl halides is 1. The van der Waals surface area contributed by atoms with Gasteiger partial charge in [-0.05, 0) is 24.3 Å². The molecule has 0 N–H and O–H groups in total. The summed E-state index contributed by atoms with van der Waals surface area (Å²) in [5, 5.41) is 0.525. The van der Waals surface area contributed by atoms with Gasteiger partial charge >= 0.3 is 0 Å². The van der Waals surface area contributed by atoms with Gasteiger partial charge < -0.3 is 4.42 Å². The van der Waals surface area contributed by atoms with E-state index in [0.717, 1.165) is 0 Å². The van der Waals surface area contributed by atoms with Crippen LogP contribution in [0.2, 0.25) is 5.02 Å². The van der Waals surface area contributed by atoms with Crippen molar-refractivity contribution in [2.45, 2.75) is 6.17 Å². The van der Waals surface area contributed by atoms with Crippen LogP contribution >= 0.6 is 11.6 Å². The Morgan fingerprint density at radius 3 is 2.65 bits per heavy atom. The van der Waals surface area contributed by atoms with Gasteiger partial charge in [-0.25, -0.2) is 14.4 Å². The summed E-state index contributed by atoms with van der Waals surface area (Å²) in [4.78, 5) is 7.68. The van der Waals surface area contributed by atoms with Gasteiger partial charge in [0.25, 0.3) is 0 Å². The second kappa shape index (κ2) is 5.43. The minimum atomic E-state index is -1.34. The fourth-order valence-corrected chi connectivity index (χ4v) is 2.19. The molecule has 3 aromatic rings. The first kappa shape index (κ1) is 12.8. The van der Waals surface area contributed by atoms with Crippen molar-refractivity contribution in [2.75, 3.05) is 0 Å². The number of halogens is 2. The molecule has 5 heteroatoms. The molecule has 1 atom stereocenters. The third-order valence-corrected chi connectivity index (χ3v) is 3.18. The summed E-state index contributed by atoms with van der Waals surface area (Å²) in [6.07, 6.45) is 4.48. The summed E-state index contributed by atoms with van der Waals surface area (Å²) < 4.78 is 20.0. The molecule has 0 radical (unpaired) electrons. The van der Waals surface area contributed by atoms with Crippen LogP contribution in [-0.2, 0) is 0 Å². The molecule has 0 fully saturated rings. The van der Waals surface area contributed by atoms with E-state index in [1.807, 2.05) is 0 Å². The number of rotatable bonds is 3. The van der Waals surface area contributed by atoms with Crippen molar-refractivity contribution in [3.63, 3.8) is 0 Å². The van der Waals surface area contributed by atoms with Gasteiger partial charge in [-0.2, -0.15) is 0 Å². The molecule has 2 aromatic heterocycles. The molecule has 0 aliphatic rings. The normalized spacial score (nSPS) is 12.3. The number of hydrogen-bond donors (Lipinski definition) is 0. The quantitative estimate of drug-likeness (QED) is 0.715. The van der Waals surface area contributed by atoms with Crippen LogP contribution in [0.25, 0.3) is 11.3 Å². The van der Waals surface area contributed by atoms with Crippen LogP contribution < -0.4 is 0 Å². The third kappa shape index (κ3) is 2.42. The number of aromatic nitrogens is 2. The van der Waals surface area contributed by atoms with Gasteiger partial charge in [-0.15, -0.1) is 0 Å². The summed E-state index contributed by atoms with van der Waals surface area (Å²) in [5.41, 5.74) is 1.49. The number of hydrogen-bond acceptors (Lipinski definition) is 3. The van der Waals surface area contributed by atoms with E-state index in [1.54, 1.807) is 36.6 Å². The second-order valence-corrected chi connectivity index (χ2v) is 4.68. The van der Waals surface area contributed by atoms with Crippen molar-refractivity contribution < 1.29 is 8.81 Å². The molecule has 20 heavy (non-hydrogen) atoms. The maximum Gasteiger partial charge on any atom is 0.154 e. The summed E-state index contributed by atoms with van der Waals surface area (Å²) in [6.45, 7) is 0. The van der Waals surface area contributed by atoms with E-state index in [2.05, 4.69) is 9.97 Å². The minimum Gasteiger partial charge on any atom is -0.464 e. The van der Waals surface area contributed by atoms with Crippen LogP contribution in [0.4, 0.5) is 4.39 Å². The van der Waals surface area contributed by atoms with Crippen LogP contribution in [0, 0.1) is 0 Å². The van der Waals surface area contributed by atoms with Gasteiger partial charge in [-0.1, -0.05) is 17.7 Å². The Bertz CT molecular complexity index is 701. The third-order valence-electron chi connectivity index (χ3n) is 2.95. The van der Waals surface area contributed by atoms with Crippen LogP contribution in [0.15, 0.2) is 59.7 Å². The van der Waals surface area contributed by atoms with Crippen molar-refractivity contribution in [3.05, 3.63) is 71.5 Å². The topological polar surface area (TPSA) is 38.9 Å². The summed E-state index contributed by atoms with van der Waals surface area (Å²) in [6, 6.07) is 8.51. The van der Waals surface area contributed by atoms with Gasteiger partial charge in [0.2, 0.25) is 0 Å². The van der Waals surface area contributed by atoms with E-state index >= 15 is 0 Å². The zero-order chi connectivity index (χ0) is 13.9. The fourth-order valence-electron chi connectivity index (χ4n) is 2.02. The van der Waals surface area contributed by atoms with Gasteiger partial charge in [0, 0.05) is 34.1 Å². The average molecular weight is 289 g/mol. The van der Waals surface area contributed by atoms with Crippen LogP contribution in [0.1, 0.15) is 17.3 Å². The maximum atomic E-state index is 14.7.